The fraction of sp³-hybridized carbons (Fsp3) is 0.647. The first-order chi connectivity index (χ1) is 9.47. The van der Waals surface area contributed by atoms with Crippen molar-refractivity contribution in [2.24, 2.45) is 0 Å². The van der Waals surface area contributed by atoms with Gasteiger partial charge in [-0.05, 0) is 35.6 Å². The molecule has 0 N–H and O–H groups in total. The van der Waals surface area contributed by atoms with E-state index in [0.29, 0.717) is 0 Å². The highest BCUT2D eigenvalue weighted by Gasteiger charge is 2.16. The van der Waals surface area contributed by atoms with Crippen molar-refractivity contribution in [3.8, 4) is 5.75 Å². The van der Waals surface area contributed by atoms with Crippen molar-refractivity contribution in [3.63, 3.8) is 0 Å². The van der Waals surface area contributed by atoms with Crippen LogP contribution < -0.4 is 4.74 Å². The molecule has 3 heteroatoms. The van der Waals surface area contributed by atoms with Gasteiger partial charge in [-0.3, -0.25) is 4.90 Å². The van der Waals surface area contributed by atoms with Crippen LogP contribution >= 0.6 is 0 Å². The SMILES string of the molecule is Cc1cc(OCCN2CCOCC2)ccc1C(C)(C)C. The van der Waals surface area contributed by atoms with Crippen LogP contribution in [-0.4, -0.2) is 44.4 Å². The molecule has 0 aromatic heterocycles. The van der Waals surface area contributed by atoms with Crippen molar-refractivity contribution in [2.75, 3.05) is 39.5 Å². The molecule has 0 spiro atoms. The van der Waals surface area contributed by atoms with Gasteiger partial charge in [-0.25, -0.2) is 0 Å². The van der Waals surface area contributed by atoms with Gasteiger partial charge in [-0.15, -0.1) is 0 Å². The third-order valence-corrected chi connectivity index (χ3v) is 3.79. The second kappa shape index (κ2) is 6.59. The third kappa shape index (κ3) is 4.22. The summed E-state index contributed by atoms with van der Waals surface area (Å²) in [5, 5.41) is 0. The number of aryl methyl sites for hydroxylation is 1. The van der Waals surface area contributed by atoms with Crippen molar-refractivity contribution in [1.82, 2.24) is 4.90 Å². The van der Waals surface area contributed by atoms with E-state index in [1.165, 1.54) is 11.1 Å². The van der Waals surface area contributed by atoms with E-state index >= 15 is 0 Å². The Morgan fingerprint density at radius 2 is 1.90 bits per heavy atom. The summed E-state index contributed by atoms with van der Waals surface area (Å²) < 4.78 is 11.2. The Labute approximate surface area is 122 Å². The van der Waals surface area contributed by atoms with Crippen molar-refractivity contribution >= 4 is 0 Å². The molecule has 1 aliphatic heterocycles. The lowest BCUT2D eigenvalue weighted by atomic mass is 9.84. The van der Waals surface area contributed by atoms with Crippen LogP contribution in [0.4, 0.5) is 0 Å². The van der Waals surface area contributed by atoms with Crippen LogP contribution in [0.3, 0.4) is 0 Å². The quantitative estimate of drug-likeness (QED) is 0.844. The topological polar surface area (TPSA) is 21.7 Å². The average molecular weight is 277 g/mol. The van der Waals surface area contributed by atoms with Crippen LogP contribution in [0.1, 0.15) is 31.9 Å². The zero-order chi connectivity index (χ0) is 14.6. The summed E-state index contributed by atoms with van der Waals surface area (Å²) in [6, 6.07) is 6.44. The molecule has 1 heterocycles. The summed E-state index contributed by atoms with van der Waals surface area (Å²) in [5.41, 5.74) is 2.88. The molecule has 20 heavy (non-hydrogen) atoms. The van der Waals surface area contributed by atoms with Crippen LogP contribution in [-0.2, 0) is 10.2 Å². The summed E-state index contributed by atoms with van der Waals surface area (Å²) in [7, 11) is 0. The molecule has 1 aromatic carbocycles. The fourth-order valence-corrected chi connectivity index (χ4v) is 2.68. The highest BCUT2D eigenvalue weighted by Crippen LogP contribution is 2.28. The molecule has 2 rings (SSSR count). The van der Waals surface area contributed by atoms with Gasteiger partial charge in [0.1, 0.15) is 12.4 Å². The maximum atomic E-state index is 5.87. The summed E-state index contributed by atoms with van der Waals surface area (Å²) in [4.78, 5) is 2.39. The number of morpholine rings is 1. The normalized spacial score (nSPS) is 17.2. The van der Waals surface area contributed by atoms with E-state index in [1.54, 1.807) is 0 Å². The molecule has 0 saturated carbocycles. The van der Waals surface area contributed by atoms with Gasteiger partial charge >= 0.3 is 0 Å². The number of benzene rings is 1. The zero-order valence-corrected chi connectivity index (χ0v) is 13.2. The molecule has 0 atom stereocenters. The summed E-state index contributed by atoms with van der Waals surface area (Å²) >= 11 is 0. The number of ether oxygens (including phenoxy) is 2. The first-order valence-corrected chi connectivity index (χ1v) is 7.51. The van der Waals surface area contributed by atoms with Crippen molar-refractivity contribution < 1.29 is 9.47 Å². The van der Waals surface area contributed by atoms with Crippen LogP contribution in [0.2, 0.25) is 0 Å². The molecule has 0 aliphatic carbocycles. The van der Waals surface area contributed by atoms with E-state index in [9.17, 15) is 0 Å². The minimum Gasteiger partial charge on any atom is -0.492 e. The predicted molar refractivity (Wildman–Crippen MR) is 82.6 cm³/mol. The molecule has 1 fully saturated rings. The number of nitrogens with zero attached hydrogens (tertiary/aromatic N) is 1. The highest BCUT2D eigenvalue weighted by molar-refractivity contribution is 5.38. The Morgan fingerprint density at radius 1 is 1.20 bits per heavy atom. The molecule has 3 nitrogen and oxygen atoms in total. The Morgan fingerprint density at radius 3 is 2.50 bits per heavy atom. The second-order valence-electron chi connectivity index (χ2n) is 6.53. The lowest BCUT2D eigenvalue weighted by molar-refractivity contribution is 0.0322. The largest absolute Gasteiger partial charge is 0.492 e. The minimum atomic E-state index is 0.191. The zero-order valence-electron chi connectivity index (χ0n) is 13.2. The Bertz CT molecular complexity index is 431. The Kier molecular flexibility index (Phi) is 5.06. The molecule has 1 saturated heterocycles. The molecule has 0 bridgehead atoms. The molecule has 1 aliphatic rings. The van der Waals surface area contributed by atoms with E-state index in [4.69, 9.17) is 9.47 Å². The smallest absolute Gasteiger partial charge is 0.119 e. The molecule has 0 amide bonds. The highest BCUT2D eigenvalue weighted by atomic mass is 16.5. The van der Waals surface area contributed by atoms with Gasteiger partial charge < -0.3 is 9.47 Å². The summed E-state index contributed by atoms with van der Waals surface area (Å²) in [6.45, 7) is 14.3. The molecule has 0 unspecified atom stereocenters. The molecular formula is C17H27NO2. The lowest BCUT2D eigenvalue weighted by Gasteiger charge is -2.26. The Balaban J connectivity index is 1.85. The average Bonchev–Trinajstić information content (AvgIpc) is 2.38. The van der Waals surface area contributed by atoms with Crippen LogP contribution in [0.15, 0.2) is 18.2 Å². The molecular weight excluding hydrogens is 250 g/mol. The number of hydrogen-bond acceptors (Lipinski definition) is 3. The second-order valence-corrected chi connectivity index (χ2v) is 6.53. The van der Waals surface area contributed by atoms with E-state index in [2.05, 4.69) is 50.8 Å². The van der Waals surface area contributed by atoms with Gasteiger partial charge in [0, 0.05) is 19.6 Å². The minimum absolute atomic E-state index is 0.191. The number of rotatable bonds is 4. The van der Waals surface area contributed by atoms with E-state index in [1.807, 2.05) is 0 Å². The predicted octanol–water partition coefficient (Wildman–Crippen LogP) is 3.00. The third-order valence-electron chi connectivity index (χ3n) is 3.79. The van der Waals surface area contributed by atoms with Gasteiger partial charge in [0.05, 0.1) is 13.2 Å². The maximum Gasteiger partial charge on any atom is 0.119 e. The first-order valence-electron chi connectivity index (χ1n) is 7.51. The van der Waals surface area contributed by atoms with Gasteiger partial charge in [0.25, 0.3) is 0 Å². The van der Waals surface area contributed by atoms with E-state index in [0.717, 1.165) is 45.2 Å². The Hall–Kier alpha value is -1.06. The van der Waals surface area contributed by atoms with Crippen molar-refractivity contribution in [1.29, 1.82) is 0 Å². The lowest BCUT2D eigenvalue weighted by Crippen LogP contribution is -2.38. The van der Waals surface area contributed by atoms with Crippen molar-refractivity contribution in [3.05, 3.63) is 29.3 Å². The van der Waals surface area contributed by atoms with Gasteiger partial charge in [-0.1, -0.05) is 26.8 Å². The monoisotopic (exact) mass is 277 g/mol. The summed E-state index contributed by atoms with van der Waals surface area (Å²) in [6.07, 6.45) is 0. The van der Waals surface area contributed by atoms with E-state index < -0.39 is 0 Å². The van der Waals surface area contributed by atoms with E-state index in [-0.39, 0.29) is 5.41 Å². The van der Waals surface area contributed by atoms with Crippen LogP contribution in [0, 0.1) is 6.92 Å². The first kappa shape index (κ1) is 15.3. The summed E-state index contributed by atoms with van der Waals surface area (Å²) in [5.74, 6) is 0.976. The maximum absolute atomic E-state index is 5.87. The van der Waals surface area contributed by atoms with Crippen molar-refractivity contribution in [2.45, 2.75) is 33.1 Å². The van der Waals surface area contributed by atoms with Gasteiger partial charge in [0.15, 0.2) is 0 Å². The fourth-order valence-electron chi connectivity index (χ4n) is 2.68. The van der Waals surface area contributed by atoms with Crippen LogP contribution in [0.25, 0.3) is 0 Å². The molecule has 0 radical (unpaired) electrons. The standard InChI is InChI=1S/C17H27NO2/c1-14-13-15(5-6-16(14)17(2,3)4)20-12-9-18-7-10-19-11-8-18/h5-6,13H,7-12H2,1-4H3. The molecule has 112 valence electrons. The molecule has 1 aromatic rings. The van der Waals surface area contributed by atoms with Crippen LogP contribution in [0.5, 0.6) is 5.75 Å². The van der Waals surface area contributed by atoms with Gasteiger partial charge in [-0.2, -0.15) is 0 Å². The van der Waals surface area contributed by atoms with Gasteiger partial charge in [0.2, 0.25) is 0 Å². The number of hydrogen-bond donors (Lipinski definition) is 0.